The summed E-state index contributed by atoms with van der Waals surface area (Å²) in [6.07, 6.45) is 5.10. The number of hydrogen-bond acceptors (Lipinski definition) is 6. The van der Waals surface area contributed by atoms with Crippen LogP contribution in [0.4, 0.5) is 11.6 Å². The molecule has 2 aromatic heterocycles. The van der Waals surface area contributed by atoms with Gasteiger partial charge in [-0.25, -0.2) is 4.98 Å². The number of fused-ring (bicyclic) bond motifs is 1. The highest BCUT2D eigenvalue weighted by Gasteiger charge is 2.14. The predicted molar refractivity (Wildman–Crippen MR) is 160 cm³/mol. The third-order valence-corrected chi connectivity index (χ3v) is 7.37. The largest absolute Gasteiger partial charge is 0.457 e. The third-order valence-electron chi connectivity index (χ3n) is 7.37. The minimum absolute atomic E-state index is 0. The number of amides is 1. The molecule has 0 spiro atoms. The van der Waals surface area contributed by atoms with E-state index in [-0.39, 0.29) is 8.76 Å². The summed E-state index contributed by atoms with van der Waals surface area (Å²) in [6.45, 7) is 10.3. The number of imidazole rings is 1. The zero-order chi connectivity index (χ0) is 27.4. The number of nitrogens with zero attached hydrogens (tertiary/aromatic N) is 4. The van der Waals surface area contributed by atoms with Gasteiger partial charge in [-0.15, -0.1) is 0 Å². The molecule has 8 nitrogen and oxygen atoms in total. The smallest absolute Gasteiger partial charge is 0.270 e. The number of aryl methyl sites for hydroxylation is 2. The molecular formula is C31H42N6O2. The summed E-state index contributed by atoms with van der Waals surface area (Å²) in [4.78, 5) is 24.0. The molecule has 5 rings (SSSR count). The Balaban J connectivity index is 0.00000231. The fourth-order valence-corrected chi connectivity index (χ4v) is 5.18. The number of benzene rings is 2. The van der Waals surface area contributed by atoms with Crippen LogP contribution in [0.1, 0.15) is 64.0 Å². The van der Waals surface area contributed by atoms with Gasteiger partial charge in [0.15, 0.2) is 0 Å². The van der Waals surface area contributed by atoms with E-state index in [9.17, 15) is 4.79 Å². The van der Waals surface area contributed by atoms with Crippen molar-refractivity contribution in [2.75, 3.05) is 31.5 Å². The van der Waals surface area contributed by atoms with Crippen molar-refractivity contribution in [3.05, 3.63) is 71.5 Å². The minimum Gasteiger partial charge on any atom is -0.457 e. The monoisotopic (exact) mass is 530 g/mol. The van der Waals surface area contributed by atoms with Crippen molar-refractivity contribution in [2.45, 2.75) is 46.0 Å². The van der Waals surface area contributed by atoms with E-state index < -0.39 is 0 Å². The third kappa shape index (κ3) is 6.23. The molecule has 4 aromatic rings. The molecule has 8 heteroatoms. The lowest BCUT2D eigenvalue weighted by molar-refractivity contribution is 0.0944. The van der Waals surface area contributed by atoms with Crippen LogP contribution >= 0.6 is 0 Å². The molecule has 0 saturated carbocycles. The molecule has 0 atom stereocenters. The normalized spacial score (nSPS) is 13.8. The average molecular weight is 531 g/mol. The second-order valence-electron chi connectivity index (χ2n) is 10.5. The fraction of sp³-hybridized carbons (Fsp3) is 0.387. The van der Waals surface area contributed by atoms with Gasteiger partial charge in [0.05, 0.1) is 11.0 Å². The van der Waals surface area contributed by atoms with Gasteiger partial charge >= 0.3 is 0 Å². The standard InChI is InChI=1S/C31H38N6O2.2H2/c1-5-22-8-9-23(18-26(22)21(2)3)34-31-35-27-19-24(10-11-29(27)36(31)4)39-25-12-13-32-28(20-25)30(38)33-14-17-37-15-6-7-16-37;;/h8-13,18-21H,5-7,14-17H2,1-4H3,(H,33,38)(H,34,35);2*1H. The highest BCUT2D eigenvalue weighted by molar-refractivity contribution is 5.92. The van der Waals surface area contributed by atoms with Crippen molar-refractivity contribution in [3.63, 3.8) is 0 Å². The Morgan fingerprint density at radius 2 is 1.87 bits per heavy atom. The Hall–Kier alpha value is -3.91. The number of rotatable bonds is 10. The molecule has 2 aromatic carbocycles. The van der Waals surface area contributed by atoms with Gasteiger partial charge in [-0.2, -0.15) is 0 Å². The maximum atomic E-state index is 12.6. The second kappa shape index (κ2) is 11.9. The van der Waals surface area contributed by atoms with E-state index in [0.717, 1.165) is 48.7 Å². The number of likely N-dealkylation sites (tertiary alicyclic amines) is 1. The Morgan fingerprint density at radius 1 is 1.08 bits per heavy atom. The molecule has 208 valence electrons. The van der Waals surface area contributed by atoms with E-state index in [1.165, 1.54) is 24.0 Å². The second-order valence-corrected chi connectivity index (χ2v) is 10.5. The Labute approximate surface area is 233 Å². The van der Waals surface area contributed by atoms with Gasteiger partial charge in [0.2, 0.25) is 5.95 Å². The van der Waals surface area contributed by atoms with Crippen LogP contribution in [0.3, 0.4) is 0 Å². The minimum atomic E-state index is -0.192. The lowest BCUT2D eigenvalue weighted by atomic mass is 9.95. The fourth-order valence-electron chi connectivity index (χ4n) is 5.18. The molecule has 0 radical (unpaired) electrons. The maximum Gasteiger partial charge on any atom is 0.270 e. The molecule has 1 fully saturated rings. The SMILES string of the molecule is CCc1ccc(Nc2nc3cc(Oc4ccnc(C(=O)NCCN5CCCC5)c4)ccc3n2C)cc1C(C)C.[HH].[HH]. The van der Waals surface area contributed by atoms with Crippen molar-refractivity contribution >= 4 is 28.6 Å². The molecular weight excluding hydrogens is 488 g/mol. The average Bonchev–Trinajstić information content (AvgIpc) is 3.56. The number of pyridine rings is 1. The van der Waals surface area contributed by atoms with Crippen LogP contribution in [-0.2, 0) is 13.5 Å². The number of anilines is 2. The highest BCUT2D eigenvalue weighted by atomic mass is 16.5. The Kier molecular flexibility index (Phi) is 8.12. The number of ether oxygens (including phenoxy) is 1. The summed E-state index contributed by atoms with van der Waals surface area (Å²) >= 11 is 0. The summed E-state index contributed by atoms with van der Waals surface area (Å²) < 4.78 is 8.14. The van der Waals surface area contributed by atoms with Crippen LogP contribution in [0.15, 0.2) is 54.7 Å². The van der Waals surface area contributed by atoms with Crippen molar-refractivity contribution in [1.82, 2.24) is 24.8 Å². The Bertz CT molecular complexity index is 1470. The van der Waals surface area contributed by atoms with Gasteiger partial charge in [0.1, 0.15) is 17.2 Å². The van der Waals surface area contributed by atoms with Gasteiger partial charge in [0.25, 0.3) is 5.91 Å². The number of carbonyl (C=O) groups excluding carboxylic acids is 1. The van der Waals surface area contributed by atoms with Crippen LogP contribution in [-0.4, -0.2) is 51.5 Å². The summed E-state index contributed by atoms with van der Waals surface area (Å²) in [5.41, 5.74) is 5.91. The van der Waals surface area contributed by atoms with Crippen LogP contribution < -0.4 is 15.4 Å². The number of hydrogen-bond donors (Lipinski definition) is 2. The van der Waals surface area contributed by atoms with Crippen molar-refractivity contribution in [1.29, 1.82) is 0 Å². The molecule has 0 bridgehead atoms. The van der Waals surface area contributed by atoms with E-state index in [4.69, 9.17) is 9.72 Å². The topological polar surface area (TPSA) is 84.3 Å². The van der Waals surface area contributed by atoms with E-state index in [0.29, 0.717) is 29.7 Å². The molecule has 1 aliphatic rings. The van der Waals surface area contributed by atoms with E-state index in [2.05, 4.69) is 59.5 Å². The van der Waals surface area contributed by atoms with Crippen LogP contribution in [0.25, 0.3) is 11.0 Å². The van der Waals surface area contributed by atoms with E-state index in [1.807, 2.05) is 29.8 Å². The first kappa shape index (κ1) is 26.7. The number of carbonyl (C=O) groups is 1. The lowest BCUT2D eigenvalue weighted by Crippen LogP contribution is -2.33. The van der Waals surface area contributed by atoms with Crippen LogP contribution in [0.2, 0.25) is 0 Å². The molecule has 2 N–H and O–H groups in total. The molecule has 3 heterocycles. The van der Waals surface area contributed by atoms with Crippen molar-refractivity contribution < 1.29 is 12.4 Å². The molecule has 0 unspecified atom stereocenters. The quantitative estimate of drug-likeness (QED) is 0.243. The number of nitrogens with one attached hydrogen (secondary N) is 2. The van der Waals surface area contributed by atoms with E-state index >= 15 is 0 Å². The molecule has 39 heavy (non-hydrogen) atoms. The highest BCUT2D eigenvalue weighted by Crippen LogP contribution is 2.30. The van der Waals surface area contributed by atoms with Crippen molar-refractivity contribution in [3.8, 4) is 11.5 Å². The van der Waals surface area contributed by atoms with E-state index in [1.54, 1.807) is 18.3 Å². The van der Waals surface area contributed by atoms with Gasteiger partial charge in [-0.05, 0) is 79.7 Å². The first-order valence-electron chi connectivity index (χ1n) is 13.9. The zero-order valence-corrected chi connectivity index (χ0v) is 23.3. The van der Waals surface area contributed by atoms with Gasteiger partial charge < -0.3 is 24.8 Å². The van der Waals surface area contributed by atoms with Gasteiger partial charge in [0, 0.05) is 47.0 Å². The predicted octanol–water partition coefficient (Wildman–Crippen LogP) is 6.51. The Morgan fingerprint density at radius 3 is 2.64 bits per heavy atom. The molecule has 1 aliphatic heterocycles. The van der Waals surface area contributed by atoms with Crippen LogP contribution in [0, 0.1) is 0 Å². The molecule has 1 saturated heterocycles. The zero-order valence-electron chi connectivity index (χ0n) is 23.3. The number of aromatic nitrogens is 3. The first-order chi connectivity index (χ1) is 18.9. The summed E-state index contributed by atoms with van der Waals surface area (Å²) in [6, 6.07) is 15.8. The first-order valence-corrected chi connectivity index (χ1v) is 13.9. The van der Waals surface area contributed by atoms with Gasteiger partial charge in [-0.1, -0.05) is 26.8 Å². The molecule has 1 amide bonds. The summed E-state index contributed by atoms with van der Waals surface area (Å²) in [5.74, 6) is 2.23. The van der Waals surface area contributed by atoms with Crippen LogP contribution in [0.5, 0.6) is 11.5 Å². The summed E-state index contributed by atoms with van der Waals surface area (Å²) in [5, 5.41) is 6.45. The molecule has 0 aliphatic carbocycles. The van der Waals surface area contributed by atoms with Crippen molar-refractivity contribution in [2.24, 2.45) is 7.05 Å². The maximum absolute atomic E-state index is 12.6. The summed E-state index contributed by atoms with van der Waals surface area (Å²) in [7, 11) is 2.00. The lowest BCUT2D eigenvalue weighted by Gasteiger charge is -2.14. The van der Waals surface area contributed by atoms with Gasteiger partial charge in [-0.3, -0.25) is 9.78 Å².